The van der Waals surface area contributed by atoms with Crippen molar-refractivity contribution in [2.75, 3.05) is 28.9 Å². The highest BCUT2D eigenvalue weighted by Gasteiger charge is 2.36. The zero-order valence-electron chi connectivity index (χ0n) is 23.5. The summed E-state index contributed by atoms with van der Waals surface area (Å²) in [6.45, 7) is 5.91. The Hall–Kier alpha value is -3.76. The van der Waals surface area contributed by atoms with E-state index in [1.165, 1.54) is 0 Å². The van der Waals surface area contributed by atoms with Gasteiger partial charge in [-0.05, 0) is 68.3 Å². The topological polar surface area (TPSA) is 118 Å². The van der Waals surface area contributed by atoms with Gasteiger partial charge in [-0.1, -0.05) is 37.6 Å². The van der Waals surface area contributed by atoms with Gasteiger partial charge in [-0.2, -0.15) is 0 Å². The van der Waals surface area contributed by atoms with Crippen LogP contribution in [-0.4, -0.2) is 48.3 Å². The van der Waals surface area contributed by atoms with Gasteiger partial charge in [0.1, 0.15) is 17.3 Å². The van der Waals surface area contributed by atoms with Crippen molar-refractivity contribution in [3.8, 4) is 22.9 Å². The molecule has 2 aromatic heterocycles. The number of aryl methyl sites for hydroxylation is 1. The number of anilines is 2. The lowest BCUT2D eigenvalue weighted by Gasteiger charge is -2.37. The first kappa shape index (κ1) is 27.4. The van der Waals surface area contributed by atoms with Gasteiger partial charge >= 0.3 is 0 Å². The van der Waals surface area contributed by atoms with E-state index in [9.17, 15) is 8.42 Å². The molecule has 214 valence electrons. The highest BCUT2D eigenvalue weighted by atomic mass is 32.2. The zero-order chi connectivity index (χ0) is 28.5. The molecule has 3 N–H and O–H groups in total. The van der Waals surface area contributed by atoms with Gasteiger partial charge in [0.05, 0.1) is 11.4 Å². The van der Waals surface area contributed by atoms with E-state index in [1.54, 1.807) is 18.6 Å². The molecule has 0 amide bonds. The Morgan fingerprint density at radius 1 is 1.02 bits per heavy atom. The minimum absolute atomic E-state index is 0.120. The summed E-state index contributed by atoms with van der Waals surface area (Å²) in [6.07, 6.45) is 10.2. The molecule has 9 nitrogen and oxygen atoms in total. The smallest absolute Gasteiger partial charge is 0.246 e. The van der Waals surface area contributed by atoms with Gasteiger partial charge in [0.2, 0.25) is 15.9 Å². The van der Waals surface area contributed by atoms with Crippen molar-refractivity contribution in [3.05, 3.63) is 66.6 Å². The van der Waals surface area contributed by atoms with E-state index in [0.29, 0.717) is 29.1 Å². The second kappa shape index (κ2) is 11.3. The quantitative estimate of drug-likeness (QED) is 0.227. The Morgan fingerprint density at radius 3 is 2.59 bits per heavy atom. The van der Waals surface area contributed by atoms with Crippen molar-refractivity contribution < 1.29 is 13.2 Å². The molecular formula is C31H36N6O3S. The van der Waals surface area contributed by atoms with Gasteiger partial charge in [0, 0.05) is 47.5 Å². The van der Waals surface area contributed by atoms with Crippen LogP contribution in [0.15, 0.2) is 61.1 Å². The summed E-state index contributed by atoms with van der Waals surface area (Å²) in [5.41, 5.74) is 2.62. The van der Waals surface area contributed by atoms with Crippen LogP contribution < -0.4 is 20.1 Å². The molecule has 0 unspecified atom stereocenters. The molecule has 0 spiro atoms. The van der Waals surface area contributed by atoms with Crippen molar-refractivity contribution in [2.24, 2.45) is 5.41 Å². The third-order valence-corrected chi connectivity index (χ3v) is 9.70. The molecule has 6 rings (SSSR count). The molecule has 41 heavy (non-hydrogen) atoms. The maximum atomic E-state index is 13.1. The molecule has 0 bridgehead atoms. The van der Waals surface area contributed by atoms with Crippen LogP contribution in [0, 0.1) is 12.3 Å². The SMILES string of the molecule is Cc1cc(NS(=O)(=O)CC2(C)CCC2)c2ccccc2c1Oc1nccnc1-c1ccnc(N[C@H]2CCCNC2)c1. The number of pyridine rings is 1. The van der Waals surface area contributed by atoms with Crippen molar-refractivity contribution in [1.29, 1.82) is 0 Å². The molecule has 1 saturated carbocycles. The Bertz CT molecular complexity index is 1670. The molecule has 0 radical (unpaired) electrons. The van der Waals surface area contributed by atoms with Gasteiger partial charge in [0.25, 0.3) is 0 Å². The largest absolute Gasteiger partial charge is 0.436 e. The molecule has 2 aliphatic rings. The average Bonchev–Trinajstić information content (AvgIpc) is 2.95. The van der Waals surface area contributed by atoms with E-state index in [-0.39, 0.29) is 11.2 Å². The minimum atomic E-state index is -3.52. The molecule has 1 atom stereocenters. The Labute approximate surface area is 241 Å². The molecule has 1 aliphatic heterocycles. The van der Waals surface area contributed by atoms with Gasteiger partial charge in [-0.15, -0.1) is 0 Å². The van der Waals surface area contributed by atoms with E-state index >= 15 is 0 Å². The third-order valence-electron chi connectivity index (χ3n) is 8.09. The van der Waals surface area contributed by atoms with Gasteiger partial charge in [-0.3, -0.25) is 4.72 Å². The normalized spacial score (nSPS) is 18.4. The summed E-state index contributed by atoms with van der Waals surface area (Å²) >= 11 is 0. The van der Waals surface area contributed by atoms with E-state index < -0.39 is 10.0 Å². The summed E-state index contributed by atoms with van der Waals surface area (Å²) < 4.78 is 35.6. The first-order chi connectivity index (χ1) is 19.8. The van der Waals surface area contributed by atoms with Crippen LogP contribution in [0.2, 0.25) is 0 Å². The number of piperidine rings is 1. The number of ether oxygens (including phenoxy) is 1. The number of hydrogen-bond donors (Lipinski definition) is 3. The number of fused-ring (bicyclic) bond motifs is 1. The Morgan fingerprint density at radius 2 is 1.83 bits per heavy atom. The predicted molar refractivity (Wildman–Crippen MR) is 163 cm³/mol. The number of sulfonamides is 1. The van der Waals surface area contributed by atoms with Crippen LogP contribution in [0.3, 0.4) is 0 Å². The third kappa shape index (κ3) is 6.13. The number of rotatable bonds is 9. The number of nitrogens with one attached hydrogen (secondary N) is 3. The summed E-state index contributed by atoms with van der Waals surface area (Å²) in [5.74, 6) is 1.87. The molecule has 4 aromatic rings. The highest BCUT2D eigenvalue weighted by molar-refractivity contribution is 7.92. The lowest BCUT2D eigenvalue weighted by molar-refractivity contribution is 0.194. The van der Waals surface area contributed by atoms with Crippen LogP contribution in [0.5, 0.6) is 11.6 Å². The van der Waals surface area contributed by atoms with Crippen molar-refractivity contribution in [3.63, 3.8) is 0 Å². The van der Waals surface area contributed by atoms with E-state index in [1.807, 2.05) is 56.3 Å². The van der Waals surface area contributed by atoms with Crippen LogP contribution in [0.25, 0.3) is 22.0 Å². The molecule has 3 heterocycles. The second-order valence-corrected chi connectivity index (χ2v) is 13.3. The average molecular weight is 573 g/mol. The lowest BCUT2D eigenvalue weighted by atomic mass is 9.72. The van der Waals surface area contributed by atoms with Crippen LogP contribution in [0.4, 0.5) is 11.5 Å². The number of benzene rings is 2. The molecule has 1 aliphatic carbocycles. The first-order valence-electron chi connectivity index (χ1n) is 14.2. The minimum Gasteiger partial charge on any atom is -0.436 e. The fourth-order valence-electron chi connectivity index (χ4n) is 5.83. The summed E-state index contributed by atoms with van der Waals surface area (Å²) in [6, 6.07) is 13.7. The van der Waals surface area contributed by atoms with Crippen LogP contribution in [-0.2, 0) is 10.0 Å². The Balaban J connectivity index is 1.31. The van der Waals surface area contributed by atoms with E-state index in [2.05, 4.69) is 30.3 Å². The summed E-state index contributed by atoms with van der Waals surface area (Å²) in [4.78, 5) is 13.7. The highest BCUT2D eigenvalue weighted by Crippen LogP contribution is 2.43. The van der Waals surface area contributed by atoms with Crippen LogP contribution >= 0.6 is 0 Å². The maximum Gasteiger partial charge on any atom is 0.246 e. The molecule has 1 saturated heterocycles. The van der Waals surface area contributed by atoms with E-state index in [4.69, 9.17) is 4.74 Å². The van der Waals surface area contributed by atoms with E-state index in [0.717, 1.165) is 72.9 Å². The maximum absolute atomic E-state index is 13.1. The summed E-state index contributed by atoms with van der Waals surface area (Å²) in [5, 5.41) is 8.49. The fraction of sp³-hybridized carbons (Fsp3) is 0.387. The van der Waals surface area contributed by atoms with Gasteiger partial charge in [-0.25, -0.2) is 23.4 Å². The molecule has 2 aromatic carbocycles. The molecule has 10 heteroatoms. The number of hydrogen-bond acceptors (Lipinski definition) is 8. The van der Waals surface area contributed by atoms with Crippen LogP contribution in [0.1, 0.15) is 44.6 Å². The van der Waals surface area contributed by atoms with Gasteiger partial charge < -0.3 is 15.4 Å². The molecular weight excluding hydrogens is 536 g/mol. The van der Waals surface area contributed by atoms with Crippen molar-refractivity contribution in [1.82, 2.24) is 20.3 Å². The lowest BCUT2D eigenvalue weighted by Crippen LogP contribution is -2.38. The second-order valence-electron chi connectivity index (χ2n) is 11.6. The van der Waals surface area contributed by atoms with Crippen molar-refractivity contribution in [2.45, 2.75) is 52.0 Å². The van der Waals surface area contributed by atoms with Crippen molar-refractivity contribution >= 4 is 32.3 Å². The number of aromatic nitrogens is 3. The monoisotopic (exact) mass is 572 g/mol. The fourth-order valence-corrected chi connectivity index (χ4v) is 7.61. The van der Waals surface area contributed by atoms with Gasteiger partial charge in [0.15, 0.2) is 0 Å². The molecule has 2 fully saturated rings. The predicted octanol–water partition coefficient (Wildman–Crippen LogP) is 5.89. The summed E-state index contributed by atoms with van der Waals surface area (Å²) in [7, 11) is -3.52. The Kier molecular flexibility index (Phi) is 7.52. The number of nitrogens with zero attached hydrogens (tertiary/aromatic N) is 3. The zero-order valence-corrected chi connectivity index (χ0v) is 24.3. The first-order valence-corrected chi connectivity index (χ1v) is 15.9. The standard InChI is InChI=1S/C31H36N6O3S/c1-21-17-26(37-41(38,39)20-31(2)11-6-12-31)24-8-3-4-9-25(24)29(21)40-30-28(34-15-16-35-30)22-10-14-33-27(18-22)36-23-7-5-13-32-19-23/h3-4,8-10,14-18,23,32,37H,5-7,11-13,19-20H2,1-2H3,(H,33,36)/t23-/m0/s1.